The number of carbonyl (C=O) groups is 1. The van der Waals surface area contributed by atoms with Crippen LogP contribution in [0.4, 0.5) is 18.0 Å². The molecule has 2 aromatic rings. The third-order valence-corrected chi connectivity index (χ3v) is 6.32. The number of hydrogen-bond acceptors (Lipinski definition) is 5. The minimum atomic E-state index is -3.93. The average molecular weight is 471 g/mol. The number of carbonyl (C=O) groups excluding carboxylic acids is 1. The Morgan fingerprint density at radius 1 is 1.24 bits per heavy atom. The van der Waals surface area contributed by atoms with E-state index in [0.29, 0.717) is 31.9 Å². The maximum absolute atomic E-state index is 12.2. The Hall–Kier alpha value is -2.36. The van der Waals surface area contributed by atoms with Crippen LogP contribution in [0.25, 0.3) is 5.65 Å². The molecule has 1 aliphatic heterocycles. The standard InChI is InChI=1S/C16H22N4O3.C7H11F3/c1-10(2)13-9-23-14(8-19(13)16(21)22-4)12-7-11(3)18-15-5-6-17-20(12)15;8-7(9,10)6-4-2-1-3-5-6/h5-7,10,13-14H,8-9H2,1-4H3;6H,1-5H2. The van der Waals surface area contributed by atoms with Gasteiger partial charge in [0.25, 0.3) is 0 Å². The van der Waals surface area contributed by atoms with Gasteiger partial charge in [0.1, 0.15) is 6.10 Å². The van der Waals surface area contributed by atoms with E-state index in [1.54, 1.807) is 15.6 Å². The number of aryl methyl sites for hydroxylation is 1. The van der Waals surface area contributed by atoms with Crippen molar-refractivity contribution >= 4 is 11.7 Å². The molecular weight excluding hydrogens is 437 g/mol. The number of halogens is 3. The van der Waals surface area contributed by atoms with Gasteiger partial charge in [-0.05, 0) is 31.7 Å². The van der Waals surface area contributed by atoms with Crippen molar-refractivity contribution < 1.29 is 27.4 Å². The molecule has 2 aromatic heterocycles. The highest BCUT2D eigenvalue weighted by atomic mass is 19.4. The third-order valence-electron chi connectivity index (χ3n) is 6.32. The van der Waals surface area contributed by atoms with E-state index in [4.69, 9.17) is 9.47 Å². The molecule has 1 saturated heterocycles. The number of alkyl halides is 3. The van der Waals surface area contributed by atoms with E-state index >= 15 is 0 Å². The molecule has 2 fully saturated rings. The third kappa shape index (κ3) is 6.16. The second-order valence-electron chi connectivity index (χ2n) is 9.06. The summed E-state index contributed by atoms with van der Waals surface area (Å²) in [5, 5.41) is 4.32. The quantitative estimate of drug-likeness (QED) is 0.593. The highest BCUT2D eigenvalue weighted by molar-refractivity contribution is 5.68. The van der Waals surface area contributed by atoms with E-state index in [0.717, 1.165) is 36.3 Å². The maximum Gasteiger partial charge on any atom is 0.409 e. The molecule has 10 heteroatoms. The van der Waals surface area contributed by atoms with Crippen LogP contribution in [0.1, 0.15) is 63.4 Å². The molecule has 1 amide bonds. The lowest BCUT2D eigenvalue weighted by Gasteiger charge is -2.40. The van der Waals surface area contributed by atoms with Crippen molar-refractivity contribution in [2.24, 2.45) is 11.8 Å². The van der Waals surface area contributed by atoms with E-state index in [1.165, 1.54) is 7.11 Å². The zero-order chi connectivity index (χ0) is 24.2. The zero-order valence-electron chi connectivity index (χ0n) is 19.6. The van der Waals surface area contributed by atoms with Gasteiger partial charge in [-0.2, -0.15) is 18.3 Å². The number of ether oxygens (including phenoxy) is 2. The van der Waals surface area contributed by atoms with Crippen LogP contribution in [-0.4, -0.2) is 58.1 Å². The summed E-state index contributed by atoms with van der Waals surface area (Å²) < 4.78 is 48.6. The van der Waals surface area contributed by atoms with Crippen LogP contribution in [0.5, 0.6) is 0 Å². The smallest absolute Gasteiger partial charge is 0.409 e. The summed E-state index contributed by atoms with van der Waals surface area (Å²) in [5.41, 5.74) is 2.57. The van der Waals surface area contributed by atoms with Crippen LogP contribution in [0, 0.1) is 18.8 Å². The molecule has 0 aromatic carbocycles. The van der Waals surface area contributed by atoms with Crippen LogP contribution in [-0.2, 0) is 9.47 Å². The Balaban J connectivity index is 0.000000257. The Morgan fingerprint density at radius 3 is 2.52 bits per heavy atom. The number of rotatable bonds is 2. The molecule has 0 radical (unpaired) electrons. The maximum atomic E-state index is 12.2. The van der Waals surface area contributed by atoms with Gasteiger partial charge in [-0.25, -0.2) is 14.3 Å². The Labute approximate surface area is 192 Å². The fourth-order valence-corrected chi connectivity index (χ4v) is 4.46. The Morgan fingerprint density at radius 2 is 1.94 bits per heavy atom. The van der Waals surface area contributed by atoms with E-state index < -0.39 is 12.1 Å². The first-order valence-corrected chi connectivity index (χ1v) is 11.5. The minimum Gasteiger partial charge on any atom is -0.453 e. The number of aromatic nitrogens is 3. The molecule has 2 unspecified atom stereocenters. The summed E-state index contributed by atoms with van der Waals surface area (Å²) in [4.78, 5) is 18.4. The number of nitrogens with zero attached hydrogens (tertiary/aromatic N) is 4. The number of fused-ring (bicyclic) bond motifs is 1. The average Bonchev–Trinajstić information content (AvgIpc) is 3.26. The first-order valence-electron chi connectivity index (χ1n) is 11.5. The number of methoxy groups -OCH3 is 1. The summed E-state index contributed by atoms with van der Waals surface area (Å²) in [6, 6.07) is 3.82. The number of hydrogen-bond donors (Lipinski definition) is 0. The number of morpholine rings is 1. The van der Waals surface area contributed by atoms with Gasteiger partial charge < -0.3 is 9.47 Å². The molecule has 3 heterocycles. The normalized spacial score (nSPS) is 22.2. The molecule has 0 spiro atoms. The zero-order valence-corrected chi connectivity index (χ0v) is 19.6. The van der Waals surface area contributed by atoms with Crippen LogP contribution >= 0.6 is 0 Å². The SMILES string of the molecule is COC(=O)N1CC(c2cc(C)nc3ccnn23)OCC1C(C)C.FC(F)(F)C1CCCCC1. The fraction of sp³-hybridized carbons (Fsp3) is 0.696. The number of amides is 1. The van der Waals surface area contributed by atoms with Crippen LogP contribution in [0.2, 0.25) is 0 Å². The molecule has 0 N–H and O–H groups in total. The van der Waals surface area contributed by atoms with Crippen molar-refractivity contribution in [3.05, 3.63) is 29.7 Å². The summed E-state index contributed by atoms with van der Waals surface area (Å²) >= 11 is 0. The fourth-order valence-electron chi connectivity index (χ4n) is 4.46. The molecule has 33 heavy (non-hydrogen) atoms. The van der Waals surface area contributed by atoms with Crippen LogP contribution in [0.15, 0.2) is 18.3 Å². The largest absolute Gasteiger partial charge is 0.453 e. The van der Waals surface area contributed by atoms with Crippen molar-refractivity contribution in [1.82, 2.24) is 19.5 Å². The lowest BCUT2D eigenvalue weighted by Crippen LogP contribution is -2.52. The van der Waals surface area contributed by atoms with Gasteiger partial charge in [0.2, 0.25) is 0 Å². The summed E-state index contributed by atoms with van der Waals surface area (Å²) in [6.07, 6.45) is 0.393. The minimum absolute atomic E-state index is 0.00902. The van der Waals surface area contributed by atoms with Crippen molar-refractivity contribution in [3.8, 4) is 0 Å². The lowest BCUT2D eigenvalue weighted by molar-refractivity contribution is -0.181. The molecule has 2 atom stereocenters. The van der Waals surface area contributed by atoms with Gasteiger partial charge in [0, 0.05) is 11.8 Å². The van der Waals surface area contributed by atoms with Crippen molar-refractivity contribution in [2.45, 2.75) is 71.2 Å². The van der Waals surface area contributed by atoms with Gasteiger partial charge in [-0.3, -0.25) is 4.90 Å². The molecule has 4 rings (SSSR count). The van der Waals surface area contributed by atoms with Gasteiger partial charge >= 0.3 is 12.3 Å². The van der Waals surface area contributed by atoms with E-state index in [2.05, 4.69) is 23.9 Å². The summed E-state index contributed by atoms with van der Waals surface area (Å²) in [7, 11) is 1.41. The van der Waals surface area contributed by atoms with Crippen molar-refractivity contribution in [3.63, 3.8) is 0 Å². The van der Waals surface area contributed by atoms with Gasteiger partial charge in [0.15, 0.2) is 5.65 Å². The van der Waals surface area contributed by atoms with Gasteiger partial charge in [0.05, 0.1) is 44.1 Å². The second kappa shape index (κ2) is 10.7. The monoisotopic (exact) mass is 470 g/mol. The topological polar surface area (TPSA) is 69.0 Å². The lowest BCUT2D eigenvalue weighted by atomic mass is 9.89. The van der Waals surface area contributed by atoms with Gasteiger partial charge in [-0.1, -0.05) is 33.1 Å². The van der Waals surface area contributed by atoms with E-state index in [1.807, 2.05) is 19.1 Å². The molecule has 184 valence electrons. The van der Waals surface area contributed by atoms with Gasteiger partial charge in [-0.15, -0.1) is 0 Å². The first kappa shape index (κ1) is 25.3. The predicted octanol–water partition coefficient (Wildman–Crippen LogP) is 5.33. The molecule has 1 saturated carbocycles. The predicted molar refractivity (Wildman–Crippen MR) is 117 cm³/mol. The molecule has 1 aliphatic carbocycles. The second-order valence-corrected chi connectivity index (χ2v) is 9.06. The van der Waals surface area contributed by atoms with Crippen molar-refractivity contribution in [2.75, 3.05) is 20.3 Å². The first-order chi connectivity index (χ1) is 15.6. The molecular formula is C23H33F3N4O3. The molecule has 2 aliphatic rings. The highest BCUT2D eigenvalue weighted by Crippen LogP contribution is 2.37. The highest BCUT2D eigenvalue weighted by Gasteiger charge is 2.39. The Bertz CT molecular complexity index is 925. The van der Waals surface area contributed by atoms with E-state index in [-0.39, 0.29) is 18.2 Å². The summed E-state index contributed by atoms with van der Waals surface area (Å²) in [6.45, 7) is 7.00. The van der Waals surface area contributed by atoms with Crippen molar-refractivity contribution in [1.29, 1.82) is 0 Å². The van der Waals surface area contributed by atoms with Crippen LogP contribution in [0.3, 0.4) is 0 Å². The van der Waals surface area contributed by atoms with Crippen LogP contribution < -0.4 is 0 Å². The molecule has 0 bridgehead atoms. The Kier molecular flexibility index (Phi) is 8.20. The summed E-state index contributed by atoms with van der Waals surface area (Å²) in [5.74, 6) is -0.708. The molecule has 7 nitrogen and oxygen atoms in total. The van der Waals surface area contributed by atoms with E-state index in [9.17, 15) is 18.0 Å².